The van der Waals surface area contributed by atoms with E-state index in [-0.39, 0.29) is 13.0 Å². The van der Waals surface area contributed by atoms with Gasteiger partial charge in [-0.1, -0.05) is 0 Å². The van der Waals surface area contributed by atoms with E-state index in [1.54, 1.807) is 20.8 Å². The molecule has 1 unspecified atom stereocenters. The minimum absolute atomic E-state index is 0.0736. The third-order valence-electron chi connectivity index (χ3n) is 1.29. The van der Waals surface area contributed by atoms with Crippen LogP contribution >= 0.6 is 0 Å². The van der Waals surface area contributed by atoms with Crippen LogP contribution in [0.25, 0.3) is 0 Å². The maximum absolute atomic E-state index is 11.3. The normalized spacial score (nSPS) is 12.9. The van der Waals surface area contributed by atoms with Crippen LogP contribution < -0.4 is 0 Å². The Morgan fingerprint density at radius 1 is 1.57 bits per heavy atom. The average molecular weight is 201 g/mol. The van der Waals surface area contributed by atoms with Crippen LogP contribution in [0, 0.1) is 0 Å². The van der Waals surface area contributed by atoms with E-state index in [9.17, 15) is 9.59 Å². The monoisotopic (exact) mass is 201 g/mol. The molecule has 0 saturated heterocycles. The highest BCUT2D eigenvalue weighted by molar-refractivity contribution is 5.77. The van der Waals surface area contributed by atoms with E-state index in [0.29, 0.717) is 0 Å². The van der Waals surface area contributed by atoms with Crippen molar-refractivity contribution in [2.24, 2.45) is 4.99 Å². The Morgan fingerprint density at radius 2 is 2.14 bits per heavy atom. The summed E-state index contributed by atoms with van der Waals surface area (Å²) in [6.07, 6.45) is 1.36. The molecule has 0 rings (SSSR count). The zero-order chi connectivity index (χ0) is 11.2. The van der Waals surface area contributed by atoms with Crippen molar-refractivity contribution >= 4 is 12.0 Å². The largest absolute Gasteiger partial charge is 0.458 e. The summed E-state index contributed by atoms with van der Waals surface area (Å²) in [5, 5.41) is 8.61. The Labute approximate surface area is 82.8 Å². The molecule has 0 bridgehead atoms. The quantitative estimate of drug-likeness (QED) is 0.406. The lowest BCUT2D eigenvalue weighted by Gasteiger charge is -2.21. The van der Waals surface area contributed by atoms with Gasteiger partial charge in [0.2, 0.25) is 6.08 Å². The van der Waals surface area contributed by atoms with E-state index >= 15 is 0 Å². The smallest absolute Gasteiger partial charge is 0.332 e. The summed E-state index contributed by atoms with van der Waals surface area (Å²) in [4.78, 5) is 24.6. The number of aliphatic hydroxyl groups is 1. The third kappa shape index (κ3) is 5.45. The summed E-state index contributed by atoms with van der Waals surface area (Å²) in [5.41, 5.74) is -0.622. The van der Waals surface area contributed by atoms with Crippen LogP contribution in [0.2, 0.25) is 0 Å². The Morgan fingerprint density at radius 3 is 2.50 bits per heavy atom. The average Bonchev–Trinajstić information content (AvgIpc) is 2.01. The molecule has 0 aromatic carbocycles. The first-order valence-electron chi connectivity index (χ1n) is 4.31. The van der Waals surface area contributed by atoms with Crippen molar-refractivity contribution in [1.29, 1.82) is 0 Å². The number of hydrogen-bond acceptors (Lipinski definition) is 5. The van der Waals surface area contributed by atoms with Crippen molar-refractivity contribution < 1.29 is 19.4 Å². The number of isocyanates is 1. The minimum Gasteiger partial charge on any atom is -0.458 e. The van der Waals surface area contributed by atoms with Crippen molar-refractivity contribution in [3.8, 4) is 0 Å². The molecular formula is C9H15NO4. The summed E-state index contributed by atoms with van der Waals surface area (Å²) in [5.74, 6) is -0.616. The van der Waals surface area contributed by atoms with E-state index in [1.807, 2.05) is 0 Å². The lowest BCUT2D eigenvalue weighted by atomic mass is 10.1. The predicted molar refractivity (Wildman–Crippen MR) is 49.5 cm³/mol. The molecule has 5 heteroatoms. The van der Waals surface area contributed by atoms with Crippen LogP contribution in [-0.2, 0) is 14.3 Å². The van der Waals surface area contributed by atoms with E-state index in [0.717, 1.165) is 0 Å². The van der Waals surface area contributed by atoms with Gasteiger partial charge in [-0.3, -0.25) is 0 Å². The van der Waals surface area contributed by atoms with Crippen molar-refractivity contribution in [1.82, 2.24) is 0 Å². The van der Waals surface area contributed by atoms with Gasteiger partial charge in [-0.2, -0.15) is 4.99 Å². The molecular weight excluding hydrogens is 186 g/mol. The first-order valence-corrected chi connectivity index (χ1v) is 4.31. The minimum atomic E-state index is -0.947. The number of esters is 1. The molecule has 0 spiro atoms. The Balaban J connectivity index is 4.37. The molecule has 5 nitrogen and oxygen atoms in total. The first-order chi connectivity index (χ1) is 6.40. The van der Waals surface area contributed by atoms with Gasteiger partial charge in [0.05, 0.1) is 0 Å². The fourth-order valence-corrected chi connectivity index (χ4v) is 0.791. The van der Waals surface area contributed by atoms with E-state index in [4.69, 9.17) is 9.84 Å². The highest BCUT2D eigenvalue weighted by Gasteiger charge is 2.24. The molecule has 80 valence electrons. The Hall–Kier alpha value is -1.19. The van der Waals surface area contributed by atoms with Crippen LogP contribution in [0.1, 0.15) is 27.2 Å². The number of aliphatic imine (C=N–C) groups is 1. The van der Waals surface area contributed by atoms with Gasteiger partial charge >= 0.3 is 5.97 Å². The fourth-order valence-electron chi connectivity index (χ4n) is 0.791. The standard InChI is InChI=1S/C9H15NO4/c1-9(2,3)14-8(13)7(4-5-11)10-6-12/h7,11H,4-5H2,1-3H3. The van der Waals surface area contributed by atoms with E-state index < -0.39 is 17.6 Å². The van der Waals surface area contributed by atoms with Crippen LogP contribution in [-0.4, -0.2) is 35.4 Å². The molecule has 0 fully saturated rings. The highest BCUT2D eigenvalue weighted by Crippen LogP contribution is 2.10. The molecule has 0 saturated carbocycles. The van der Waals surface area contributed by atoms with Gasteiger partial charge in [0, 0.05) is 13.0 Å². The summed E-state index contributed by atoms with van der Waals surface area (Å²) < 4.78 is 4.98. The first kappa shape index (κ1) is 12.8. The summed E-state index contributed by atoms with van der Waals surface area (Å²) in [7, 11) is 0. The molecule has 14 heavy (non-hydrogen) atoms. The zero-order valence-corrected chi connectivity index (χ0v) is 8.61. The number of aliphatic hydroxyl groups excluding tert-OH is 1. The SMILES string of the molecule is CC(C)(C)OC(=O)C(CCO)N=C=O. The number of rotatable bonds is 4. The third-order valence-corrected chi connectivity index (χ3v) is 1.29. The van der Waals surface area contributed by atoms with Gasteiger partial charge in [-0.25, -0.2) is 9.59 Å². The maximum Gasteiger partial charge on any atom is 0.332 e. The van der Waals surface area contributed by atoms with Gasteiger partial charge in [-0.05, 0) is 20.8 Å². The fraction of sp³-hybridized carbons (Fsp3) is 0.778. The molecule has 1 atom stereocenters. The van der Waals surface area contributed by atoms with Gasteiger partial charge in [0.25, 0.3) is 0 Å². The molecule has 0 aliphatic carbocycles. The highest BCUT2D eigenvalue weighted by atomic mass is 16.6. The zero-order valence-electron chi connectivity index (χ0n) is 8.61. The van der Waals surface area contributed by atoms with Gasteiger partial charge in [0.15, 0.2) is 6.04 Å². The van der Waals surface area contributed by atoms with Crippen molar-refractivity contribution in [3.63, 3.8) is 0 Å². The van der Waals surface area contributed by atoms with Crippen LogP contribution in [0.3, 0.4) is 0 Å². The second-order valence-electron chi connectivity index (χ2n) is 3.78. The number of carbonyl (C=O) groups excluding carboxylic acids is 2. The number of carbonyl (C=O) groups is 1. The van der Waals surface area contributed by atoms with E-state index in [2.05, 4.69) is 4.99 Å². The molecule has 0 radical (unpaired) electrons. The van der Waals surface area contributed by atoms with E-state index in [1.165, 1.54) is 6.08 Å². The molecule has 0 aliphatic heterocycles. The Bertz CT molecular complexity index is 238. The molecule has 0 aromatic rings. The lowest BCUT2D eigenvalue weighted by molar-refractivity contribution is -0.156. The maximum atomic E-state index is 11.3. The molecule has 0 amide bonds. The van der Waals surface area contributed by atoms with Gasteiger partial charge in [0.1, 0.15) is 5.60 Å². The molecule has 0 aliphatic rings. The molecule has 0 aromatic heterocycles. The second kappa shape index (κ2) is 5.52. The van der Waals surface area contributed by atoms with Gasteiger partial charge < -0.3 is 9.84 Å². The topological polar surface area (TPSA) is 76.0 Å². The Kier molecular flexibility index (Phi) is 5.05. The van der Waals surface area contributed by atoms with Crippen molar-refractivity contribution in [2.75, 3.05) is 6.61 Å². The van der Waals surface area contributed by atoms with Crippen LogP contribution in [0.15, 0.2) is 4.99 Å². The lowest BCUT2D eigenvalue weighted by Crippen LogP contribution is -2.31. The van der Waals surface area contributed by atoms with Crippen LogP contribution in [0.5, 0.6) is 0 Å². The van der Waals surface area contributed by atoms with Crippen molar-refractivity contribution in [2.45, 2.75) is 38.8 Å². The summed E-state index contributed by atoms with van der Waals surface area (Å²) in [6, 6.07) is -0.947. The number of hydrogen-bond donors (Lipinski definition) is 1. The number of nitrogens with zero attached hydrogens (tertiary/aromatic N) is 1. The number of ether oxygens (including phenoxy) is 1. The summed E-state index contributed by atoms with van der Waals surface area (Å²) in [6.45, 7) is 4.91. The molecule has 1 N–H and O–H groups in total. The van der Waals surface area contributed by atoms with Crippen LogP contribution in [0.4, 0.5) is 0 Å². The van der Waals surface area contributed by atoms with Gasteiger partial charge in [-0.15, -0.1) is 0 Å². The second-order valence-corrected chi connectivity index (χ2v) is 3.78. The predicted octanol–water partition coefficient (Wildman–Crippen LogP) is 0.415. The molecule has 0 heterocycles. The summed E-state index contributed by atoms with van der Waals surface area (Å²) >= 11 is 0. The van der Waals surface area contributed by atoms with Crippen molar-refractivity contribution in [3.05, 3.63) is 0 Å².